The van der Waals surface area contributed by atoms with Crippen LogP contribution in [0.15, 0.2) is 23.1 Å². The summed E-state index contributed by atoms with van der Waals surface area (Å²) in [7, 11) is 2.88. The molecule has 6 nitrogen and oxygen atoms in total. The van der Waals surface area contributed by atoms with E-state index in [1.807, 2.05) is 11.8 Å². The smallest absolute Gasteiger partial charge is 0.251 e. The Morgan fingerprint density at radius 1 is 1.16 bits per heavy atom. The lowest BCUT2D eigenvalue weighted by molar-refractivity contribution is 0.0953. The van der Waals surface area contributed by atoms with Crippen LogP contribution in [0.5, 0.6) is 0 Å². The molecule has 1 amide bonds. The minimum absolute atomic E-state index is 0.133. The first-order valence-corrected chi connectivity index (χ1v) is 10.9. The number of hydrogen-bond donors (Lipinski definition) is 1. The number of amides is 1. The molecule has 0 bridgehead atoms. The lowest BCUT2D eigenvalue weighted by Crippen LogP contribution is -2.27. The van der Waals surface area contributed by atoms with Crippen molar-refractivity contribution in [2.24, 2.45) is 0 Å². The number of nitrogens with one attached hydrogen (secondary N) is 1. The second-order valence-corrected chi connectivity index (χ2v) is 9.43. The summed E-state index contributed by atoms with van der Waals surface area (Å²) in [5.41, 5.74) is 0.911. The lowest BCUT2D eigenvalue weighted by Gasteiger charge is -2.20. The number of benzene rings is 1. The normalized spacial score (nSPS) is 11.6. The Kier molecular flexibility index (Phi) is 8.75. The van der Waals surface area contributed by atoms with E-state index in [9.17, 15) is 13.2 Å². The summed E-state index contributed by atoms with van der Waals surface area (Å²) in [6, 6.07) is 4.78. The standard InChI is InChI=1S/C17H29N3O3S2/c1-6-11-24-12-7-10-18-17(21)14-8-9-15(19(2)3)16(13-14)25(22,23)20(4)5/h8-9,13H,6-7,10-12H2,1-5H3,(H,18,21). The van der Waals surface area contributed by atoms with Crippen LogP contribution >= 0.6 is 11.8 Å². The molecule has 25 heavy (non-hydrogen) atoms. The van der Waals surface area contributed by atoms with Crippen molar-refractivity contribution >= 4 is 33.4 Å². The SMILES string of the molecule is CCCSCCCNC(=O)c1ccc(N(C)C)c(S(=O)(=O)N(C)C)c1. The van der Waals surface area contributed by atoms with Crippen LogP contribution in [-0.4, -0.2) is 64.9 Å². The van der Waals surface area contributed by atoms with Gasteiger partial charge in [-0.15, -0.1) is 0 Å². The van der Waals surface area contributed by atoms with Gasteiger partial charge >= 0.3 is 0 Å². The van der Waals surface area contributed by atoms with Crippen molar-refractivity contribution in [2.75, 3.05) is 51.1 Å². The summed E-state index contributed by atoms with van der Waals surface area (Å²) in [4.78, 5) is 14.2. The third-order valence-corrected chi connectivity index (χ3v) is 6.68. The fourth-order valence-corrected chi connectivity index (χ4v) is 4.18. The molecule has 0 saturated heterocycles. The second-order valence-electron chi connectivity index (χ2n) is 6.09. The van der Waals surface area contributed by atoms with E-state index in [2.05, 4.69) is 12.2 Å². The van der Waals surface area contributed by atoms with Gasteiger partial charge in [-0.3, -0.25) is 4.79 Å². The molecule has 0 aliphatic carbocycles. The van der Waals surface area contributed by atoms with Gasteiger partial charge < -0.3 is 10.2 Å². The van der Waals surface area contributed by atoms with Crippen LogP contribution in [0, 0.1) is 0 Å². The summed E-state index contributed by atoms with van der Waals surface area (Å²) < 4.78 is 26.3. The topological polar surface area (TPSA) is 69.7 Å². The fourth-order valence-electron chi connectivity index (χ4n) is 2.15. The number of rotatable bonds is 10. The molecule has 0 saturated carbocycles. The Hall–Kier alpha value is -1.25. The largest absolute Gasteiger partial charge is 0.377 e. The predicted octanol–water partition coefficient (Wildman–Crippen LogP) is 2.27. The van der Waals surface area contributed by atoms with Gasteiger partial charge in [0.15, 0.2) is 0 Å². The zero-order valence-electron chi connectivity index (χ0n) is 15.7. The summed E-state index contributed by atoms with van der Waals surface area (Å²) in [5, 5.41) is 2.86. The quantitative estimate of drug-likeness (QED) is 0.624. The van der Waals surface area contributed by atoms with Crippen molar-refractivity contribution in [3.63, 3.8) is 0 Å². The third-order valence-electron chi connectivity index (χ3n) is 3.56. The molecule has 0 atom stereocenters. The summed E-state index contributed by atoms with van der Waals surface area (Å²) in [5.74, 6) is 1.89. The minimum atomic E-state index is -3.64. The molecule has 1 aromatic rings. The molecule has 0 fully saturated rings. The van der Waals surface area contributed by atoms with Crippen LogP contribution in [0.1, 0.15) is 30.1 Å². The van der Waals surface area contributed by atoms with Crippen LogP contribution in [0.25, 0.3) is 0 Å². The Morgan fingerprint density at radius 3 is 2.40 bits per heavy atom. The average molecular weight is 388 g/mol. The van der Waals surface area contributed by atoms with Crippen molar-refractivity contribution < 1.29 is 13.2 Å². The van der Waals surface area contributed by atoms with Crippen LogP contribution in [-0.2, 0) is 10.0 Å². The van der Waals surface area contributed by atoms with Crippen molar-refractivity contribution in [3.8, 4) is 0 Å². The van der Waals surface area contributed by atoms with Gasteiger partial charge in [0.05, 0.1) is 5.69 Å². The Morgan fingerprint density at radius 2 is 1.84 bits per heavy atom. The molecule has 1 N–H and O–H groups in total. The molecular weight excluding hydrogens is 358 g/mol. The van der Waals surface area contributed by atoms with E-state index in [0.29, 0.717) is 17.8 Å². The highest BCUT2D eigenvalue weighted by Crippen LogP contribution is 2.27. The first kappa shape index (κ1) is 21.8. The molecule has 0 aliphatic rings. The van der Waals surface area contributed by atoms with E-state index < -0.39 is 10.0 Å². The molecule has 0 unspecified atom stereocenters. The second kappa shape index (κ2) is 10.0. The van der Waals surface area contributed by atoms with Crippen molar-refractivity contribution in [2.45, 2.75) is 24.7 Å². The first-order chi connectivity index (χ1) is 11.7. The van der Waals surface area contributed by atoms with Gasteiger partial charge in [0.25, 0.3) is 5.91 Å². The molecule has 0 spiro atoms. The van der Waals surface area contributed by atoms with E-state index in [0.717, 1.165) is 28.7 Å². The number of carbonyl (C=O) groups is 1. The molecule has 0 aliphatic heterocycles. The maximum absolute atomic E-state index is 12.6. The summed E-state index contributed by atoms with van der Waals surface area (Å²) >= 11 is 1.87. The van der Waals surface area contributed by atoms with Gasteiger partial charge in [0.1, 0.15) is 4.90 Å². The zero-order chi connectivity index (χ0) is 19.0. The van der Waals surface area contributed by atoms with Gasteiger partial charge in [-0.1, -0.05) is 6.92 Å². The minimum Gasteiger partial charge on any atom is -0.377 e. The van der Waals surface area contributed by atoms with Crippen LogP contribution < -0.4 is 10.2 Å². The van der Waals surface area contributed by atoms with E-state index in [1.54, 1.807) is 31.1 Å². The van der Waals surface area contributed by atoms with Gasteiger partial charge in [-0.25, -0.2) is 12.7 Å². The zero-order valence-corrected chi connectivity index (χ0v) is 17.3. The number of hydrogen-bond acceptors (Lipinski definition) is 5. The van der Waals surface area contributed by atoms with Crippen LogP contribution in [0.2, 0.25) is 0 Å². The van der Waals surface area contributed by atoms with E-state index in [1.165, 1.54) is 20.2 Å². The molecule has 142 valence electrons. The number of nitrogens with zero attached hydrogens (tertiary/aromatic N) is 2. The third kappa shape index (κ3) is 6.20. The average Bonchev–Trinajstić information content (AvgIpc) is 2.56. The Balaban J connectivity index is 2.90. The van der Waals surface area contributed by atoms with E-state index >= 15 is 0 Å². The highest BCUT2D eigenvalue weighted by Gasteiger charge is 2.24. The van der Waals surface area contributed by atoms with Gasteiger partial charge in [-0.2, -0.15) is 11.8 Å². The highest BCUT2D eigenvalue weighted by atomic mass is 32.2. The number of sulfonamides is 1. The number of thioether (sulfide) groups is 1. The van der Waals surface area contributed by atoms with Crippen LogP contribution in [0.4, 0.5) is 5.69 Å². The summed E-state index contributed by atoms with van der Waals surface area (Å²) in [6.45, 7) is 2.73. The van der Waals surface area contributed by atoms with Crippen molar-refractivity contribution in [1.29, 1.82) is 0 Å². The lowest BCUT2D eigenvalue weighted by atomic mass is 10.2. The molecular formula is C17H29N3O3S2. The fraction of sp³-hybridized carbons (Fsp3) is 0.588. The Bertz CT molecular complexity index is 674. The molecule has 0 heterocycles. The van der Waals surface area contributed by atoms with Gasteiger partial charge in [0, 0.05) is 40.3 Å². The van der Waals surface area contributed by atoms with Crippen LogP contribution in [0.3, 0.4) is 0 Å². The molecule has 1 rings (SSSR count). The van der Waals surface area contributed by atoms with Crippen molar-refractivity contribution in [1.82, 2.24) is 9.62 Å². The van der Waals surface area contributed by atoms with Gasteiger partial charge in [0.2, 0.25) is 10.0 Å². The maximum Gasteiger partial charge on any atom is 0.251 e. The summed E-state index contributed by atoms with van der Waals surface area (Å²) in [6.07, 6.45) is 2.05. The van der Waals surface area contributed by atoms with E-state index in [4.69, 9.17) is 0 Å². The number of anilines is 1. The predicted molar refractivity (Wildman–Crippen MR) is 106 cm³/mol. The molecule has 0 aromatic heterocycles. The monoisotopic (exact) mass is 387 g/mol. The highest BCUT2D eigenvalue weighted by molar-refractivity contribution is 7.99. The van der Waals surface area contributed by atoms with Crippen molar-refractivity contribution in [3.05, 3.63) is 23.8 Å². The Labute approximate surface area is 156 Å². The molecule has 8 heteroatoms. The number of carbonyl (C=O) groups excluding carboxylic acids is 1. The molecule has 0 radical (unpaired) electrons. The first-order valence-electron chi connectivity index (χ1n) is 8.31. The van der Waals surface area contributed by atoms with E-state index in [-0.39, 0.29) is 10.8 Å². The van der Waals surface area contributed by atoms with Gasteiger partial charge in [-0.05, 0) is 42.5 Å². The molecule has 1 aromatic carbocycles. The maximum atomic E-state index is 12.6.